The largest absolute Gasteiger partial charge is 0.508 e. The Balaban J connectivity index is 0.00000175. The van der Waals surface area contributed by atoms with Crippen molar-refractivity contribution in [2.24, 2.45) is 11.7 Å². The summed E-state index contributed by atoms with van der Waals surface area (Å²) in [6.45, 7) is 19.1. The van der Waals surface area contributed by atoms with Crippen molar-refractivity contribution in [2.45, 2.75) is 112 Å². The molecule has 2 amide bonds. The second-order valence-corrected chi connectivity index (χ2v) is 17.3. The van der Waals surface area contributed by atoms with Gasteiger partial charge in [0.05, 0.1) is 27.3 Å². The Kier molecular flexibility index (Phi) is 17.0. The molecule has 66 heavy (non-hydrogen) atoms. The van der Waals surface area contributed by atoms with Crippen LogP contribution in [0, 0.1) is 12.8 Å². The lowest BCUT2D eigenvalue weighted by atomic mass is 9.91. The molecule has 0 saturated carbocycles. The SMILES string of the molecule is C/C=C(\C(O)=C/C)c1cc2c(cc(C3CCN(c4ncc(-c5cc(C(C(=O)N6CCCC6C(=O)NCc6ccc(-c7scnc7C)cc6)C(C)C)on5)cn4)CC3)n2CC)nn1.CC.CN. The van der Waals surface area contributed by atoms with Gasteiger partial charge in [-0.15, -0.1) is 21.5 Å². The first-order chi connectivity index (χ1) is 32.1. The van der Waals surface area contributed by atoms with Gasteiger partial charge in [0.1, 0.15) is 34.7 Å². The summed E-state index contributed by atoms with van der Waals surface area (Å²) >= 11 is 1.61. The normalized spacial score (nSPS) is 16.2. The predicted octanol–water partition coefficient (Wildman–Crippen LogP) is 9.23. The summed E-state index contributed by atoms with van der Waals surface area (Å²) in [6.07, 6.45) is 10.3. The maximum Gasteiger partial charge on any atom is 0.243 e. The Morgan fingerprint density at radius 2 is 1.67 bits per heavy atom. The van der Waals surface area contributed by atoms with Crippen LogP contribution in [0.3, 0.4) is 0 Å². The van der Waals surface area contributed by atoms with Crippen LogP contribution in [-0.2, 0) is 22.7 Å². The number of likely N-dealkylation sites (tertiary alicyclic amines) is 1. The molecular weight excluding hydrogens is 851 g/mol. The van der Waals surface area contributed by atoms with Crippen molar-refractivity contribution >= 4 is 45.7 Å². The third-order valence-corrected chi connectivity index (χ3v) is 13.3. The van der Waals surface area contributed by atoms with Crippen molar-refractivity contribution in [1.29, 1.82) is 0 Å². The van der Waals surface area contributed by atoms with Crippen LogP contribution in [0.15, 0.2) is 82.8 Å². The highest BCUT2D eigenvalue weighted by atomic mass is 32.1. The average Bonchev–Trinajstić information content (AvgIpc) is 4.20. The number of benzene rings is 1. The van der Waals surface area contributed by atoms with Crippen LogP contribution in [0.2, 0.25) is 0 Å². The molecule has 2 atom stereocenters. The molecule has 5 aromatic heterocycles. The number of aliphatic hydroxyl groups excluding tert-OH is 1. The first kappa shape index (κ1) is 49.2. The van der Waals surface area contributed by atoms with Crippen molar-refractivity contribution in [3.63, 3.8) is 0 Å². The average molecular weight is 916 g/mol. The fraction of sp³-hybridized carbons (Fsp3) is 0.440. The number of aryl methyl sites for hydroxylation is 2. The van der Waals surface area contributed by atoms with E-state index in [1.807, 2.05) is 71.3 Å². The number of nitrogens with two attached hydrogens (primary N) is 1. The number of hydrogen-bond acceptors (Lipinski definition) is 13. The van der Waals surface area contributed by atoms with E-state index in [0.717, 1.165) is 71.6 Å². The molecule has 2 unspecified atom stereocenters. The van der Waals surface area contributed by atoms with Gasteiger partial charge in [-0.2, -0.15) is 0 Å². The molecule has 8 rings (SSSR count). The van der Waals surface area contributed by atoms with Gasteiger partial charge < -0.3 is 35.0 Å². The molecule has 0 aliphatic carbocycles. The van der Waals surface area contributed by atoms with E-state index in [-0.39, 0.29) is 23.5 Å². The zero-order valence-corrected chi connectivity index (χ0v) is 40.6. The molecule has 16 heteroatoms. The molecule has 1 aromatic carbocycles. The number of amides is 2. The summed E-state index contributed by atoms with van der Waals surface area (Å²) in [4.78, 5) is 46.6. The van der Waals surface area contributed by atoms with Gasteiger partial charge in [0.2, 0.25) is 17.8 Å². The van der Waals surface area contributed by atoms with Crippen LogP contribution in [0.5, 0.6) is 0 Å². The first-order valence-electron chi connectivity index (χ1n) is 23.2. The number of anilines is 1. The van der Waals surface area contributed by atoms with E-state index in [2.05, 4.69) is 66.0 Å². The maximum absolute atomic E-state index is 14.2. The topological polar surface area (TPSA) is 194 Å². The van der Waals surface area contributed by atoms with Gasteiger partial charge >= 0.3 is 0 Å². The second-order valence-electron chi connectivity index (χ2n) is 16.4. The zero-order valence-electron chi connectivity index (χ0n) is 39.8. The standard InChI is InChI=1S/C47H54N10O4S.C2H6.CH5N/c1-7-34(41(58)8-2)36-21-40-37(53-52-36)22-39(56(40)9-3)31-16-19-55(20-17-31)47-49-25-33(26-50-47)35-23-42(61-54-35)43(28(4)5)46(60)57-18-10-11-38(57)45(59)48-24-30-12-14-32(15-13-30)44-29(6)51-27-62-44;2*1-2/h7-8,12-15,21-23,25-28,31,38,43,58H,9-11,16-20,24H2,1-6H3,(H,48,59);1-2H3;2H2,1H3/b34-7-,41-8+;;. The van der Waals surface area contributed by atoms with Gasteiger partial charge in [0, 0.05) is 73.9 Å². The van der Waals surface area contributed by atoms with E-state index in [9.17, 15) is 14.7 Å². The highest BCUT2D eigenvalue weighted by Gasteiger charge is 2.40. The first-order valence-corrected chi connectivity index (χ1v) is 24.0. The number of aromatic nitrogens is 7. The number of piperidine rings is 1. The highest BCUT2D eigenvalue weighted by Crippen LogP contribution is 2.36. The Morgan fingerprint density at radius 1 is 0.955 bits per heavy atom. The van der Waals surface area contributed by atoms with Crippen LogP contribution in [0.4, 0.5) is 5.95 Å². The summed E-state index contributed by atoms with van der Waals surface area (Å²) in [5.41, 5.74) is 15.1. The lowest BCUT2D eigenvalue weighted by Gasteiger charge is -2.32. The number of hydrogen-bond donors (Lipinski definition) is 3. The minimum atomic E-state index is -0.605. The van der Waals surface area contributed by atoms with E-state index in [1.165, 1.54) is 12.7 Å². The zero-order chi connectivity index (χ0) is 47.5. The molecule has 15 nitrogen and oxygen atoms in total. The third kappa shape index (κ3) is 10.5. The van der Waals surface area contributed by atoms with Crippen molar-refractivity contribution < 1.29 is 19.2 Å². The Hall–Kier alpha value is -6.26. The minimum absolute atomic E-state index is 0.0948. The quantitative estimate of drug-likeness (QED) is 0.0736. The fourth-order valence-electron chi connectivity index (χ4n) is 8.91. The van der Waals surface area contributed by atoms with Gasteiger partial charge in [-0.3, -0.25) is 9.59 Å². The molecule has 7 heterocycles. The summed E-state index contributed by atoms with van der Waals surface area (Å²) in [7, 11) is 1.50. The summed E-state index contributed by atoms with van der Waals surface area (Å²) in [5, 5.41) is 26.8. The van der Waals surface area contributed by atoms with Gasteiger partial charge in [-0.1, -0.05) is 63.2 Å². The molecular formula is C50H65N11O4S. The van der Waals surface area contributed by atoms with Gasteiger partial charge in [-0.25, -0.2) is 15.0 Å². The van der Waals surface area contributed by atoms with Crippen LogP contribution in [0.1, 0.15) is 114 Å². The van der Waals surface area contributed by atoms with Crippen LogP contribution in [-0.4, -0.2) is 89.4 Å². The molecule has 2 saturated heterocycles. The molecule has 350 valence electrons. The van der Waals surface area contributed by atoms with Crippen LogP contribution < -0.4 is 16.0 Å². The lowest BCUT2D eigenvalue weighted by molar-refractivity contribution is -0.140. The number of carbonyl (C=O) groups excluding carboxylic acids is 2. The molecule has 2 aliphatic heterocycles. The van der Waals surface area contributed by atoms with Crippen molar-refractivity contribution in [2.75, 3.05) is 31.6 Å². The lowest BCUT2D eigenvalue weighted by Crippen LogP contribution is -2.47. The number of nitrogens with one attached hydrogen (secondary N) is 1. The highest BCUT2D eigenvalue weighted by molar-refractivity contribution is 7.13. The van der Waals surface area contributed by atoms with E-state index in [0.29, 0.717) is 59.7 Å². The van der Waals surface area contributed by atoms with E-state index in [1.54, 1.807) is 47.7 Å². The van der Waals surface area contributed by atoms with Crippen LogP contribution >= 0.6 is 11.3 Å². The molecule has 2 aliphatic rings. The van der Waals surface area contributed by atoms with Crippen molar-refractivity contribution in [3.8, 4) is 21.7 Å². The number of carbonyl (C=O) groups is 2. The van der Waals surface area contributed by atoms with E-state index < -0.39 is 12.0 Å². The molecule has 2 fully saturated rings. The molecule has 4 N–H and O–H groups in total. The predicted molar refractivity (Wildman–Crippen MR) is 263 cm³/mol. The number of thiazole rings is 1. The summed E-state index contributed by atoms with van der Waals surface area (Å²) < 4.78 is 8.17. The summed E-state index contributed by atoms with van der Waals surface area (Å²) in [6, 6.07) is 13.6. The van der Waals surface area contributed by atoms with Crippen LogP contribution in [0.25, 0.3) is 38.3 Å². The number of allylic oxidation sites excluding steroid dienone is 3. The molecule has 0 radical (unpaired) electrons. The number of rotatable bonds is 13. The Labute approximate surface area is 392 Å². The number of aliphatic hydroxyl groups is 1. The Morgan fingerprint density at radius 3 is 2.29 bits per heavy atom. The van der Waals surface area contributed by atoms with Gasteiger partial charge in [-0.05, 0) is 95.7 Å². The Bertz CT molecular complexity index is 2600. The minimum Gasteiger partial charge on any atom is -0.508 e. The molecule has 6 aromatic rings. The summed E-state index contributed by atoms with van der Waals surface area (Å²) in [5.74, 6) is 0.646. The van der Waals surface area contributed by atoms with Crippen molar-refractivity contribution in [1.82, 2.24) is 45.1 Å². The van der Waals surface area contributed by atoms with E-state index in [4.69, 9.17) is 14.5 Å². The van der Waals surface area contributed by atoms with E-state index >= 15 is 0 Å². The smallest absolute Gasteiger partial charge is 0.243 e. The second kappa shape index (κ2) is 22.8. The molecule has 0 bridgehead atoms. The van der Waals surface area contributed by atoms with Gasteiger partial charge in [0.25, 0.3) is 0 Å². The monoisotopic (exact) mass is 915 g/mol. The maximum atomic E-state index is 14.2. The third-order valence-electron chi connectivity index (χ3n) is 12.3. The molecule has 0 spiro atoms. The number of nitrogens with zero attached hydrogens (tertiary/aromatic N) is 9. The van der Waals surface area contributed by atoms with Crippen molar-refractivity contribution in [3.05, 3.63) is 107 Å². The van der Waals surface area contributed by atoms with Gasteiger partial charge in [0.15, 0.2) is 0 Å². The number of fused-ring (bicyclic) bond motifs is 1. The fourth-order valence-corrected chi connectivity index (χ4v) is 9.73.